The van der Waals surface area contributed by atoms with Gasteiger partial charge in [0.1, 0.15) is 6.61 Å². The van der Waals surface area contributed by atoms with Crippen LogP contribution in [0.4, 0.5) is 0 Å². The molecule has 0 N–H and O–H groups in total. The topological polar surface area (TPSA) is 27.7 Å². The second-order valence-electron chi connectivity index (χ2n) is 5.55. The molecular formula is C17H24O3. The number of hydrogen-bond acceptors (Lipinski definition) is 3. The first kappa shape index (κ1) is 15.1. The number of fused-ring (bicyclic) bond motifs is 1. The Morgan fingerprint density at radius 1 is 1.30 bits per heavy atom. The maximum Gasteiger partial charge on any atom is 0.171 e. The lowest BCUT2D eigenvalue weighted by atomic mass is 10.1. The maximum absolute atomic E-state index is 5.59. The molecule has 0 fully saturated rings. The quantitative estimate of drug-likeness (QED) is 0.521. The fraction of sp³-hybridized carbons (Fsp3) is 0.529. The van der Waals surface area contributed by atoms with Crippen LogP contribution in [0.3, 0.4) is 0 Å². The van der Waals surface area contributed by atoms with Crippen LogP contribution in [0.1, 0.15) is 44.2 Å². The molecule has 1 aliphatic heterocycles. The molecule has 20 heavy (non-hydrogen) atoms. The first-order valence-electron chi connectivity index (χ1n) is 7.42. The van der Waals surface area contributed by atoms with E-state index in [4.69, 9.17) is 14.5 Å². The Balaban J connectivity index is 1.62. The Hall–Kier alpha value is -1.32. The van der Waals surface area contributed by atoms with Gasteiger partial charge in [-0.1, -0.05) is 38.1 Å². The third-order valence-corrected chi connectivity index (χ3v) is 3.26. The maximum atomic E-state index is 5.59. The fourth-order valence-electron chi connectivity index (χ4n) is 1.97. The molecule has 2 rings (SSSR count). The SMILES string of the molecule is CC(C)CCOCCCC=Cc1ccc2c(c1)OOC2. The summed E-state index contributed by atoms with van der Waals surface area (Å²) in [7, 11) is 0. The van der Waals surface area contributed by atoms with E-state index in [0.29, 0.717) is 6.61 Å². The second kappa shape index (κ2) is 8.08. The van der Waals surface area contributed by atoms with Crippen molar-refractivity contribution >= 4 is 6.08 Å². The summed E-state index contributed by atoms with van der Waals surface area (Å²) in [6.07, 6.45) is 7.56. The van der Waals surface area contributed by atoms with Crippen molar-refractivity contribution in [2.45, 2.75) is 39.7 Å². The molecule has 110 valence electrons. The van der Waals surface area contributed by atoms with Crippen molar-refractivity contribution in [3.05, 3.63) is 35.4 Å². The van der Waals surface area contributed by atoms with Gasteiger partial charge in [-0.15, -0.1) is 0 Å². The molecule has 0 bridgehead atoms. The number of ether oxygens (including phenoxy) is 1. The highest BCUT2D eigenvalue weighted by Crippen LogP contribution is 2.27. The highest BCUT2D eigenvalue weighted by molar-refractivity contribution is 5.54. The van der Waals surface area contributed by atoms with Crippen LogP contribution in [0.2, 0.25) is 0 Å². The first-order valence-corrected chi connectivity index (χ1v) is 7.42. The molecular weight excluding hydrogens is 252 g/mol. The summed E-state index contributed by atoms with van der Waals surface area (Å²) in [6.45, 7) is 6.71. The molecule has 0 radical (unpaired) electrons. The monoisotopic (exact) mass is 276 g/mol. The lowest BCUT2D eigenvalue weighted by Crippen LogP contribution is -2.00. The molecule has 1 aromatic carbocycles. The van der Waals surface area contributed by atoms with Gasteiger partial charge in [0.05, 0.1) is 0 Å². The summed E-state index contributed by atoms with van der Waals surface area (Å²) >= 11 is 0. The molecule has 0 unspecified atom stereocenters. The van der Waals surface area contributed by atoms with E-state index in [0.717, 1.165) is 55.3 Å². The zero-order chi connectivity index (χ0) is 14.2. The van der Waals surface area contributed by atoms with Crippen molar-refractivity contribution in [3.63, 3.8) is 0 Å². The average Bonchev–Trinajstić information content (AvgIpc) is 2.89. The molecule has 0 atom stereocenters. The van der Waals surface area contributed by atoms with Crippen LogP contribution in [-0.2, 0) is 16.2 Å². The van der Waals surface area contributed by atoms with Gasteiger partial charge >= 0.3 is 0 Å². The highest BCUT2D eigenvalue weighted by atomic mass is 17.2. The molecule has 0 aliphatic carbocycles. The van der Waals surface area contributed by atoms with Crippen molar-refractivity contribution in [2.24, 2.45) is 5.92 Å². The number of allylic oxidation sites excluding steroid dienone is 1. The van der Waals surface area contributed by atoms with Crippen LogP contribution in [0.15, 0.2) is 24.3 Å². The smallest absolute Gasteiger partial charge is 0.171 e. The minimum Gasteiger partial charge on any atom is -0.381 e. The van der Waals surface area contributed by atoms with Gasteiger partial charge in [0.15, 0.2) is 5.75 Å². The van der Waals surface area contributed by atoms with Gasteiger partial charge in [-0.2, -0.15) is 4.89 Å². The van der Waals surface area contributed by atoms with E-state index < -0.39 is 0 Å². The number of benzene rings is 1. The minimum absolute atomic E-state index is 0.549. The molecule has 0 amide bonds. The molecule has 1 aliphatic rings. The number of unbranched alkanes of at least 4 members (excludes halogenated alkanes) is 1. The Kier molecular flexibility index (Phi) is 6.09. The van der Waals surface area contributed by atoms with Crippen LogP contribution in [0, 0.1) is 5.92 Å². The summed E-state index contributed by atoms with van der Waals surface area (Å²) in [5, 5.41) is 0. The van der Waals surface area contributed by atoms with E-state index in [9.17, 15) is 0 Å². The van der Waals surface area contributed by atoms with Crippen molar-refractivity contribution in [1.82, 2.24) is 0 Å². The Morgan fingerprint density at radius 2 is 2.20 bits per heavy atom. The summed E-state index contributed by atoms with van der Waals surface area (Å²) in [5.41, 5.74) is 2.26. The van der Waals surface area contributed by atoms with E-state index in [-0.39, 0.29) is 0 Å². The van der Waals surface area contributed by atoms with Gasteiger partial charge in [-0.05, 0) is 36.8 Å². The summed E-state index contributed by atoms with van der Waals surface area (Å²) < 4.78 is 5.59. The van der Waals surface area contributed by atoms with E-state index in [1.807, 2.05) is 6.07 Å². The Morgan fingerprint density at radius 3 is 3.05 bits per heavy atom. The average molecular weight is 276 g/mol. The Labute approximate surface area is 121 Å². The zero-order valence-electron chi connectivity index (χ0n) is 12.4. The van der Waals surface area contributed by atoms with Crippen LogP contribution < -0.4 is 4.89 Å². The van der Waals surface area contributed by atoms with Crippen LogP contribution >= 0.6 is 0 Å². The lowest BCUT2D eigenvalue weighted by Gasteiger charge is -2.05. The van der Waals surface area contributed by atoms with Gasteiger partial charge in [-0.25, -0.2) is 0 Å². The minimum atomic E-state index is 0.549. The van der Waals surface area contributed by atoms with Gasteiger partial charge in [0.2, 0.25) is 0 Å². The predicted octanol–water partition coefficient (Wildman–Crippen LogP) is 4.37. The van der Waals surface area contributed by atoms with Crippen molar-refractivity contribution in [3.8, 4) is 5.75 Å². The van der Waals surface area contributed by atoms with E-state index in [2.05, 4.69) is 38.1 Å². The van der Waals surface area contributed by atoms with Gasteiger partial charge in [0.25, 0.3) is 0 Å². The van der Waals surface area contributed by atoms with Gasteiger partial charge in [0, 0.05) is 18.8 Å². The van der Waals surface area contributed by atoms with Crippen LogP contribution in [0.25, 0.3) is 6.08 Å². The molecule has 1 heterocycles. The second-order valence-corrected chi connectivity index (χ2v) is 5.55. The summed E-state index contributed by atoms with van der Waals surface area (Å²) in [6, 6.07) is 6.15. The van der Waals surface area contributed by atoms with E-state index >= 15 is 0 Å². The Bertz CT molecular complexity index is 438. The van der Waals surface area contributed by atoms with Crippen molar-refractivity contribution in [2.75, 3.05) is 13.2 Å². The molecule has 0 spiro atoms. The molecule has 3 nitrogen and oxygen atoms in total. The van der Waals surface area contributed by atoms with Crippen molar-refractivity contribution in [1.29, 1.82) is 0 Å². The third kappa shape index (κ3) is 4.99. The standard InChI is InChI=1S/C17H24O3/c1-14(2)9-11-18-10-5-3-4-6-15-7-8-16-13-19-20-17(16)12-15/h4,6-8,12,14H,3,5,9-11,13H2,1-2H3. The molecule has 3 heteroatoms. The molecule has 1 aromatic rings. The van der Waals surface area contributed by atoms with Crippen LogP contribution in [-0.4, -0.2) is 13.2 Å². The van der Waals surface area contributed by atoms with Crippen molar-refractivity contribution < 1.29 is 14.5 Å². The third-order valence-electron chi connectivity index (χ3n) is 3.26. The molecule has 0 saturated carbocycles. The van der Waals surface area contributed by atoms with Crippen LogP contribution in [0.5, 0.6) is 5.75 Å². The first-order chi connectivity index (χ1) is 9.75. The normalized spacial score (nSPS) is 13.9. The number of rotatable bonds is 8. The molecule has 0 saturated heterocycles. The van der Waals surface area contributed by atoms with E-state index in [1.165, 1.54) is 0 Å². The molecule has 0 aromatic heterocycles. The number of hydrogen-bond donors (Lipinski definition) is 0. The largest absolute Gasteiger partial charge is 0.381 e. The summed E-state index contributed by atoms with van der Waals surface area (Å²) in [4.78, 5) is 10.0. The summed E-state index contributed by atoms with van der Waals surface area (Å²) in [5.74, 6) is 1.56. The lowest BCUT2D eigenvalue weighted by molar-refractivity contribution is -0.194. The van der Waals surface area contributed by atoms with Gasteiger partial charge in [-0.3, -0.25) is 0 Å². The predicted molar refractivity (Wildman–Crippen MR) is 80.4 cm³/mol. The van der Waals surface area contributed by atoms with Gasteiger partial charge < -0.3 is 9.62 Å². The zero-order valence-corrected chi connectivity index (χ0v) is 12.4. The fourth-order valence-corrected chi connectivity index (χ4v) is 1.97. The van der Waals surface area contributed by atoms with E-state index in [1.54, 1.807) is 0 Å². The highest BCUT2D eigenvalue weighted by Gasteiger charge is 2.12.